The van der Waals surface area contributed by atoms with Crippen LogP contribution in [0.15, 0.2) is 28.7 Å². The van der Waals surface area contributed by atoms with E-state index in [4.69, 9.17) is 5.73 Å². The number of amides is 1. The van der Waals surface area contributed by atoms with Crippen molar-refractivity contribution in [2.75, 3.05) is 6.54 Å². The lowest BCUT2D eigenvalue weighted by atomic mass is 10.2. The molecule has 1 heterocycles. The zero-order chi connectivity index (χ0) is 10.8. The molecule has 1 aliphatic heterocycles. The third-order valence-electron chi connectivity index (χ3n) is 2.63. The van der Waals surface area contributed by atoms with Gasteiger partial charge in [-0.25, -0.2) is 0 Å². The number of nitrogens with zero attached hydrogens (tertiary/aromatic N) is 1. The Morgan fingerprint density at radius 2 is 2.07 bits per heavy atom. The summed E-state index contributed by atoms with van der Waals surface area (Å²) in [6.07, 6.45) is 0.773. The van der Waals surface area contributed by atoms with Crippen molar-refractivity contribution in [3.63, 3.8) is 0 Å². The second-order valence-corrected chi connectivity index (χ2v) is 4.70. The van der Waals surface area contributed by atoms with Crippen molar-refractivity contribution in [2.24, 2.45) is 5.73 Å². The Labute approximate surface area is 97.4 Å². The van der Waals surface area contributed by atoms with Gasteiger partial charge in [-0.2, -0.15) is 0 Å². The highest BCUT2D eigenvalue weighted by Crippen LogP contribution is 2.16. The first-order valence-corrected chi connectivity index (χ1v) is 5.75. The summed E-state index contributed by atoms with van der Waals surface area (Å²) in [4.78, 5) is 13.4. The third kappa shape index (κ3) is 2.38. The normalized spacial score (nSPS) is 21.1. The Morgan fingerprint density at radius 1 is 1.40 bits per heavy atom. The SMILES string of the molecule is NC1CCN(Cc2ccc(Br)cc2)C1=O. The summed E-state index contributed by atoms with van der Waals surface area (Å²) in [6.45, 7) is 1.44. The van der Waals surface area contributed by atoms with Crippen molar-refractivity contribution < 1.29 is 4.79 Å². The molecule has 0 aliphatic carbocycles. The number of benzene rings is 1. The first-order valence-electron chi connectivity index (χ1n) is 4.95. The van der Waals surface area contributed by atoms with Crippen molar-refractivity contribution in [1.82, 2.24) is 4.90 Å². The van der Waals surface area contributed by atoms with E-state index in [1.54, 1.807) is 0 Å². The number of carbonyl (C=O) groups excluding carboxylic acids is 1. The fourth-order valence-electron chi connectivity index (χ4n) is 1.73. The molecule has 1 atom stereocenters. The molecule has 0 saturated carbocycles. The summed E-state index contributed by atoms with van der Waals surface area (Å²) in [5.41, 5.74) is 6.79. The maximum absolute atomic E-state index is 11.6. The van der Waals surface area contributed by atoms with Gasteiger partial charge in [0.15, 0.2) is 0 Å². The first kappa shape index (κ1) is 10.6. The number of likely N-dealkylation sites (tertiary alicyclic amines) is 1. The summed E-state index contributed by atoms with van der Waals surface area (Å²) in [5, 5.41) is 0. The van der Waals surface area contributed by atoms with Gasteiger partial charge in [-0.3, -0.25) is 4.79 Å². The molecule has 1 amide bonds. The van der Waals surface area contributed by atoms with Crippen molar-refractivity contribution in [1.29, 1.82) is 0 Å². The van der Waals surface area contributed by atoms with E-state index in [-0.39, 0.29) is 11.9 Å². The van der Waals surface area contributed by atoms with Gasteiger partial charge in [0.2, 0.25) is 5.91 Å². The van der Waals surface area contributed by atoms with Crippen LogP contribution in [0.4, 0.5) is 0 Å². The number of hydrogen-bond donors (Lipinski definition) is 1. The fraction of sp³-hybridized carbons (Fsp3) is 0.364. The van der Waals surface area contributed by atoms with Crippen LogP contribution in [-0.4, -0.2) is 23.4 Å². The fourth-order valence-corrected chi connectivity index (χ4v) is 1.99. The molecule has 1 aliphatic rings. The maximum Gasteiger partial charge on any atom is 0.239 e. The highest BCUT2D eigenvalue weighted by atomic mass is 79.9. The molecule has 1 aromatic rings. The Hall–Kier alpha value is -0.870. The van der Waals surface area contributed by atoms with Gasteiger partial charge in [-0.1, -0.05) is 28.1 Å². The van der Waals surface area contributed by atoms with Gasteiger partial charge in [-0.05, 0) is 24.1 Å². The van der Waals surface area contributed by atoms with E-state index in [9.17, 15) is 4.79 Å². The van der Waals surface area contributed by atoms with Crippen LogP contribution in [0, 0.1) is 0 Å². The van der Waals surface area contributed by atoms with Crippen LogP contribution in [-0.2, 0) is 11.3 Å². The van der Waals surface area contributed by atoms with E-state index >= 15 is 0 Å². The Morgan fingerprint density at radius 3 is 2.60 bits per heavy atom. The lowest BCUT2D eigenvalue weighted by Crippen LogP contribution is -2.33. The molecule has 4 heteroatoms. The van der Waals surface area contributed by atoms with Gasteiger partial charge in [0, 0.05) is 17.6 Å². The quantitative estimate of drug-likeness (QED) is 0.884. The summed E-state index contributed by atoms with van der Waals surface area (Å²) in [7, 11) is 0. The van der Waals surface area contributed by atoms with E-state index in [1.807, 2.05) is 29.2 Å². The van der Waals surface area contributed by atoms with Crippen molar-refractivity contribution in [2.45, 2.75) is 19.0 Å². The molecule has 0 bridgehead atoms. The van der Waals surface area contributed by atoms with Crippen molar-refractivity contribution in [3.05, 3.63) is 34.3 Å². The van der Waals surface area contributed by atoms with Crippen molar-refractivity contribution >= 4 is 21.8 Å². The van der Waals surface area contributed by atoms with Gasteiger partial charge in [0.05, 0.1) is 6.04 Å². The van der Waals surface area contributed by atoms with Crippen LogP contribution in [0.5, 0.6) is 0 Å². The minimum Gasteiger partial charge on any atom is -0.337 e. The van der Waals surface area contributed by atoms with E-state index in [0.29, 0.717) is 6.54 Å². The molecular formula is C11H13BrN2O. The second-order valence-electron chi connectivity index (χ2n) is 3.78. The Kier molecular flexibility index (Phi) is 3.07. The topological polar surface area (TPSA) is 46.3 Å². The van der Waals surface area contributed by atoms with Crippen LogP contribution in [0.3, 0.4) is 0 Å². The van der Waals surface area contributed by atoms with E-state index in [0.717, 1.165) is 23.0 Å². The number of nitrogens with two attached hydrogens (primary N) is 1. The average Bonchev–Trinajstić information content (AvgIpc) is 2.53. The van der Waals surface area contributed by atoms with E-state index in [2.05, 4.69) is 15.9 Å². The predicted octanol–water partition coefficient (Wildman–Crippen LogP) is 1.51. The lowest BCUT2D eigenvalue weighted by molar-refractivity contribution is -0.129. The molecule has 0 spiro atoms. The number of carbonyl (C=O) groups is 1. The standard InChI is InChI=1S/C11H13BrN2O/c12-9-3-1-8(2-4-9)7-14-6-5-10(13)11(14)15/h1-4,10H,5-7,13H2. The third-order valence-corrected chi connectivity index (χ3v) is 3.15. The Bertz CT molecular complexity index is 363. The zero-order valence-corrected chi connectivity index (χ0v) is 9.90. The lowest BCUT2D eigenvalue weighted by Gasteiger charge is -2.15. The minimum absolute atomic E-state index is 0.0675. The second kappa shape index (κ2) is 4.33. The molecule has 1 unspecified atom stereocenters. The monoisotopic (exact) mass is 268 g/mol. The molecule has 2 N–H and O–H groups in total. The molecule has 0 aromatic heterocycles. The van der Waals surface area contributed by atoms with Gasteiger partial charge in [0.1, 0.15) is 0 Å². The molecule has 1 saturated heterocycles. The van der Waals surface area contributed by atoms with Crippen LogP contribution < -0.4 is 5.73 Å². The largest absolute Gasteiger partial charge is 0.337 e. The number of halogens is 1. The predicted molar refractivity (Wildman–Crippen MR) is 62.2 cm³/mol. The van der Waals surface area contributed by atoms with E-state index < -0.39 is 0 Å². The molecular weight excluding hydrogens is 256 g/mol. The molecule has 3 nitrogen and oxygen atoms in total. The molecule has 15 heavy (non-hydrogen) atoms. The molecule has 2 rings (SSSR count). The van der Waals surface area contributed by atoms with Crippen LogP contribution in [0.25, 0.3) is 0 Å². The summed E-state index contributed by atoms with van der Waals surface area (Å²) in [5.74, 6) is 0.0675. The highest BCUT2D eigenvalue weighted by Gasteiger charge is 2.27. The van der Waals surface area contributed by atoms with Crippen LogP contribution >= 0.6 is 15.9 Å². The van der Waals surface area contributed by atoms with Crippen LogP contribution in [0.2, 0.25) is 0 Å². The summed E-state index contributed by atoms with van der Waals surface area (Å²) in [6, 6.07) is 7.70. The first-order chi connectivity index (χ1) is 7.16. The minimum atomic E-state index is -0.291. The Balaban J connectivity index is 2.03. The number of rotatable bonds is 2. The maximum atomic E-state index is 11.6. The van der Waals surface area contributed by atoms with Gasteiger partial charge >= 0.3 is 0 Å². The smallest absolute Gasteiger partial charge is 0.239 e. The van der Waals surface area contributed by atoms with Gasteiger partial charge < -0.3 is 10.6 Å². The van der Waals surface area contributed by atoms with Gasteiger partial charge in [0.25, 0.3) is 0 Å². The van der Waals surface area contributed by atoms with Crippen LogP contribution in [0.1, 0.15) is 12.0 Å². The zero-order valence-electron chi connectivity index (χ0n) is 8.32. The van der Waals surface area contributed by atoms with Crippen molar-refractivity contribution in [3.8, 4) is 0 Å². The molecule has 1 fully saturated rings. The summed E-state index contributed by atoms with van der Waals surface area (Å²) >= 11 is 3.38. The molecule has 0 radical (unpaired) electrons. The summed E-state index contributed by atoms with van der Waals surface area (Å²) < 4.78 is 1.05. The highest BCUT2D eigenvalue weighted by molar-refractivity contribution is 9.10. The average molecular weight is 269 g/mol. The van der Waals surface area contributed by atoms with E-state index in [1.165, 1.54) is 0 Å². The molecule has 80 valence electrons. The van der Waals surface area contributed by atoms with Gasteiger partial charge in [-0.15, -0.1) is 0 Å². The molecule has 1 aromatic carbocycles. The number of hydrogen-bond acceptors (Lipinski definition) is 2.